The second-order valence-electron chi connectivity index (χ2n) is 1.69. The molecule has 2 nitrogen and oxygen atoms in total. The van der Waals surface area contributed by atoms with Crippen LogP contribution in [0, 0.1) is 0 Å². The Bertz CT molecular complexity index is 186. The maximum atomic E-state index is 10.8. The summed E-state index contributed by atoms with van der Waals surface area (Å²) in [6.07, 6.45) is 7.10. The second kappa shape index (κ2) is 4.06. The predicted molar refractivity (Wildman–Crippen MR) is 44.2 cm³/mol. The van der Waals surface area contributed by atoms with Crippen molar-refractivity contribution in [3.8, 4) is 0 Å². The topological polar surface area (TPSA) is 29.4 Å². The van der Waals surface area contributed by atoms with Crippen LogP contribution in [-0.4, -0.2) is 17.9 Å². The molecular weight excluding hydrogens is 146 g/mol. The first-order valence-corrected chi connectivity index (χ1v) is 3.78. The Morgan fingerprint density at radius 3 is 3.20 bits per heavy atom. The monoisotopic (exact) mass is 153 g/mol. The van der Waals surface area contributed by atoms with E-state index in [9.17, 15) is 4.79 Å². The van der Waals surface area contributed by atoms with Crippen molar-refractivity contribution >= 4 is 23.1 Å². The largest absolute Gasteiger partial charge is 0.285 e. The average molecular weight is 153 g/mol. The van der Waals surface area contributed by atoms with Crippen molar-refractivity contribution < 1.29 is 4.79 Å². The molecule has 3 heteroatoms. The lowest BCUT2D eigenvalue weighted by Gasteiger charge is -1.86. The molecule has 0 aromatic rings. The van der Waals surface area contributed by atoms with E-state index >= 15 is 0 Å². The minimum absolute atomic E-state index is 0.0798. The van der Waals surface area contributed by atoms with Gasteiger partial charge in [-0.15, -0.1) is 0 Å². The van der Waals surface area contributed by atoms with Gasteiger partial charge in [-0.25, -0.2) is 0 Å². The Morgan fingerprint density at radius 1 is 1.40 bits per heavy atom. The molecule has 0 saturated carbocycles. The van der Waals surface area contributed by atoms with E-state index in [0.29, 0.717) is 0 Å². The molecule has 0 atom stereocenters. The lowest BCUT2D eigenvalue weighted by Crippen LogP contribution is -1.93. The third-order valence-electron chi connectivity index (χ3n) is 0.912. The zero-order valence-electron chi connectivity index (χ0n) is 5.36. The van der Waals surface area contributed by atoms with Crippen molar-refractivity contribution in [3.63, 3.8) is 0 Å². The molecule has 10 heavy (non-hydrogen) atoms. The Hall–Kier alpha value is -0.830. The van der Waals surface area contributed by atoms with Gasteiger partial charge in [0.1, 0.15) is 6.54 Å². The fourth-order valence-electron chi connectivity index (χ4n) is 0.500. The Morgan fingerprint density at radius 2 is 2.30 bits per heavy atom. The highest BCUT2D eigenvalue weighted by Crippen LogP contribution is 2.04. The molecule has 0 amide bonds. The highest BCUT2D eigenvalue weighted by atomic mass is 32.2. The molecule has 0 aromatic heterocycles. The fraction of sp³-hybridized carbons (Fsp3) is 0.143. The predicted octanol–water partition coefficient (Wildman–Crippen LogP) is 1.40. The van der Waals surface area contributed by atoms with Gasteiger partial charge in [-0.2, -0.15) is 0 Å². The number of thioether (sulfide) groups is 1. The third kappa shape index (κ3) is 2.64. The van der Waals surface area contributed by atoms with Gasteiger partial charge in [0.2, 0.25) is 5.12 Å². The van der Waals surface area contributed by atoms with Crippen LogP contribution in [0.1, 0.15) is 0 Å². The molecule has 0 bridgehead atoms. The summed E-state index contributed by atoms with van der Waals surface area (Å²) in [5.41, 5.74) is 0. The summed E-state index contributed by atoms with van der Waals surface area (Å²) in [5.74, 6) is 0. The first-order chi connectivity index (χ1) is 4.89. The van der Waals surface area contributed by atoms with Gasteiger partial charge in [-0.05, 0) is 11.5 Å². The average Bonchev–Trinajstić information content (AvgIpc) is 2.02. The normalized spacial score (nSPS) is 27.8. The van der Waals surface area contributed by atoms with Crippen LogP contribution >= 0.6 is 11.8 Å². The fourth-order valence-corrected chi connectivity index (χ4v) is 0.970. The number of aliphatic imine (C=N–C) groups is 1. The summed E-state index contributed by atoms with van der Waals surface area (Å²) >= 11 is 1.18. The van der Waals surface area contributed by atoms with E-state index in [1.807, 2.05) is 12.2 Å². The standard InChI is InChI=1S/C7H7NOS/c9-7-6-8-4-2-1-3-5-10-7/h1-5H,6H2/b2-1-,5-3+,8-4+. The summed E-state index contributed by atoms with van der Waals surface area (Å²) in [5, 5.41) is 1.84. The number of hydrogen-bond donors (Lipinski definition) is 0. The highest BCUT2D eigenvalue weighted by Gasteiger charge is 1.95. The summed E-state index contributed by atoms with van der Waals surface area (Å²) in [6.45, 7) is 0.277. The first-order valence-electron chi connectivity index (χ1n) is 2.91. The minimum Gasteiger partial charge on any atom is -0.285 e. The van der Waals surface area contributed by atoms with Gasteiger partial charge in [-0.1, -0.05) is 23.9 Å². The van der Waals surface area contributed by atoms with E-state index in [1.165, 1.54) is 11.8 Å². The van der Waals surface area contributed by atoms with Crippen LogP contribution in [0.5, 0.6) is 0 Å². The Balaban J connectivity index is 2.61. The number of hydrogen-bond acceptors (Lipinski definition) is 3. The number of rotatable bonds is 0. The first kappa shape index (κ1) is 7.28. The molecule has 1 aliphatic heterocycles. The molecule has 0 aromatic carbocycles. The Kier molecular flexibility index (Phi) is 2.96. The van der Waals surface area contributed by atoms with Crippen LogP contribution in [0.3, 0.4) is 0 Å². The van der Waals surface area contributed by atoms with Crippen molar-refractivity contribution in [3.05, 3.63) is 23.6 Å². The van der Waals surface area contributed by atoms with Gasteiger partial charge in [0.15, 0.2) is 0 Å². The molecule has 0 saturated heterocycles. The van der Waals surface area contributed by atoms with Gasteiger partial charge >= 0.3 is 0 Å². The van der Waals surface area contributed by atoms with Crippen LogP contribution in [0.2, 0.25) is 0 Å². The van der Waals surface area contributed by atoms with E-state index in [0.717, 1.165) is 0 Å². The van der Waals surface area contributed by atoms with Gasteiger partial charge < -0.3 is 0 Å². The van der Waals surface area contributed by atoms with Crippen molar-refractivity contribution in [2.75, 3.05) is 6.54 Å². The van der Waals surface area contributed by atoms with E-state index < -0.39 is 0 Å². The van der Waals surface area contributed by atoms with Crippen molar-refractivity contribution in [1.82, 2.24) is 0 Å². The smallest absolute Gasteiger partial charge is 0.214 e. The highest BCUT2D eigenvalue weighted by molar-refractivity contribution is 8.16. The number of allylic oxidation sites excluding steroid dienone is 3. The molecule has 52 valence electrons. The van der Waals surface area contributed by atoms with Crippen LogP contribution < -0.4 is 0 Å². The van der Waals surface area contributed by atoms with Crippen LogP contribution in [-0.2, 0) is 4.79 Å². The van der Waals surface area contributed by atoms with Gasteiger partial charge in [0, 0.05) is 6.21 Å². The summed E-state index contributed by atoms with van der Waals surface area (Å²) in [6, 6.07) is 0. The summed E-state index contributed by atoms with van der Waals surface area (Å²) in [7, 11) is 0. The van der Waals surface area contributed by atoms with Crippen molar-refractivity contribution in [2.24, 2.45) is 4.99 Å². The number of carbonyl (C=O) groups excluding carboxylic acids is 1. The molecular formula is C7H7NOS. The van der Waals surface area contributed by atoms with Gasteiger partial charge in [0.05, 0.1) is 0 Å². The zero-order valence-corrected chi connectivity index (χ0v) is 6.17. The lowest BCUT2D eigenvalue weighted by molar-refractivity contribution is -0.109. The van der Waals surface area contributed by atoms with Gasteiger partial charge in [0.25, 0.3) is 0 Å². The number of carbonyl (C=O) groups is 1. The molecule has 1 rings (SSSR count). The van der Waals surface area contributed by atoms with Gasteiger partial charge in [-0.3, -0.25) is 9.79 Å². The molecule has 0 unspecified atom stereocenters. The minimum atomic E-state index is 0.0798. The molecule has 1 aliphatic rings. The molecule has 1 heterocycles. The number of nitrogens with zero attached hydrogens (tertiary/aromatic N) is 1. The maximum Gasteiger partial charge on any atom is 0.214 e. The van der Waals surface area contributed by atoms with Crippen molar-refractivity contribution in [2.45, 2.75) is 0 Å². The van der Waals surface area contributed by atoms with Crippen molar-refractivity contribution in [1.29, 1.82) is 0 Å². The second-order valence-corrected chi connectivity index (χ2v) is 2.66. The molecule has 0 radical (unpaired) electrons. The molecule has 0 spiro atoms. The van der Waals surface area contributed by atoms with E-state index in [-0.39, 0.29) is 11.7 Å². The quantitative estimate of drug-likeness (QED) is 0.526. The molecule has 0 N–H and O–H groups in total. The molecule has 0 fully saturated rings. The van der Waals surface area contributed by atoms with E-state index in [2.05, 4.69) is 4.99 Å². The Labute approximate surface area is 63.7 Å². The SMILES string of the molecule is O=C1C/N=C/C=C\C=C\S1. The summed E-state index contributed by atoms with van der Waals surface area (Å²) < 4.78 is 0. The van der Waals surface area contributed by atoms with E-state index in [1.54, 1.807) is 17.7 Å². The zero-order chi connectivity index (χ0) is 7.23. The van der Waals surface area contributed by atoms with Crippen LogP contribution in [0.4, 0.5) is 0 Å². The molecule has 0 aliphatic carbocycles. The van der Waals surface area contributed by atoms with Crippen LogP contribution in [0.15, 0.2) is 28.6 Å². The summed E-state index contributed by atoms with van der Waals surface area (Å²) in [4.78, 5) is 14.6. The lowest BCUT2D eigenvalue weighted by atomic mass is 10.5. The van der Waals surface area contributed by atoms with Crippen LogP contribution in [0.25, 0.3) is 0 Å². The van der Waals surface area contributed by atoms with E-state index in [4.69, 9.17) is 0 Å². The maximum absolute atomic E-state index is 10.8. The third-order valence-corrected chi connectivity index (χ3v) is 1.60.